The Morgan fingerprint density at radius 2 is 1.81 bits per heavy atom. The number of likely N-dealkylation sites (N-methyl/N-ethyl adjacent to an activating group) is 1. The van der Waals surface area contributed by atoms with Crippen molar-refractivity contribution >= 4 is 19.7 Å². The van der Waals surface area contributed by atoms with Gasteiger partial charge >= 0.3 is 0 Å². The average molecular weight is 405 g/mol. The molecule has 3 rings (SSSR count). The molecule has 2 saturated heterocycles. The summed E-state index contributed by atoms with van der Waals surface area (Å²) in [7, 11) is -7.31. The second kappa shape index (κ2) is 7.18. The molecule has 1 aromatic carbocycles. The molecular formula is C17H25FN2O4S2. The number of halogens is 1. The lowest BCUT2D eigenvalue weighted by atomic mass is 10.2. The maximum absolute atomic E-state index is 13.4. The van der Waals surface area contributed by atoms with Crippen LogP contribution in [0.15, 0.2) is 23.1 Å². The maximum atomic E-state index is 13.4. The van der Waals surface area contributed by atoms with Crippen molar-refractivity contribution in [2.45, 2.75) is 30.0 Å². The Labute approximate surface area is 154 Å². The van der Waals surface area contributed by atoms with Crippen LogP contribution >= 0.6 is 0 Å². The Kier molecular flexibility index (Phi) is 5.45. The summed E-state index contributed by atoms with van der Waals surface area (Å²) in [5, 5.41) is -1.01. The molecule has 2 heterocycles. The van der Waals surface area contributed by atoms with Gasteiger partial charge in [0.15, 0.2) is 19.7 Å². The van der Waals surface area contributed by atoms with Crippen molar-refractivity contribution in [2.24, 2.45) is 0 Å². The van der Waals surface area contributed by atoms with Gasteiger partial charge in [0.1, 0.15) is 5.82 Å². The van der Waals surface area contributed by atoms with E-state index in [1.165, 1.54) is 19.1 Å². The smallest absolute Gasteiger partial charge is 0.184 e. The lowest BCUT2D eigenvalue weighted by Crippen LogP contribution is -2.54. The molecule has 0 aliphatic carbocycles. The Hall–Kier alpha value is -1.03. The highest BCUT2D eigenvalue weighted by atomic mass is 32.2. The van der Waals surface area contributed by atoms with Crippen LogP contribution in [-0.4, -0.2) is 82.2 Å². The molecule has 0 bridgehead atoms. The fraction of sp³-hybridized carbons (Fsp3) is 0.647. The Balaban J connectivity index is 1.93. The first-order chi connectivity index (χ1) is 12.1. The van der Waals surface area contributed by atoms with E-state index >= 15 is 0 Å². The largest absolute Gasteiger partial charge is 0.301 e. The van der Waals surface area contributed by atoms with Gasteiger partial charge in [-0.05, 0) is 37.2 Å². The molecule has 0 saturated carbocycles. The van der Waals surface area contributed by atoms with E-state index in [2.05, 4.69) is 11.8 Å². The highest BCUT2D eigenvalue weighted by molar-refractivity contribution is 7.96. The number of hydrogen-bond acceptors (Lipinski definition) is 6. The van der Waals surface area contributed by atoms with Gasteiger partial charge in [-0.2, -0.15) is 0 Å². The fourth-order valence-electron chi connectivity index (χ4n) is 3.94. The molecule has 6 nitrogen and oxygen atoms in total. The molecule has 9 heteroatoms. The molecule has 0 aromatic heterocycles. The zero-order chi connectivity index (χ0) is 19.1. The summed E-state index contributed by atoms with van der Waals surface area (Å²) < 4.78 is 64.3. The Morgan fingerprint density at radius 3 is 2.38 bits per heavy atom. The van der Waals surface area contributed by atoms with E-state index in [9.17, 15) is 21.2 Å². The van der Waals surface area contributed by atoms with E-state index < -0.39 is 36.8 Å². The van der Waals surface area contributed by atoms with Crippen LogP contribution in [0, 0.1) is 12.7 Å². The lowest BCUT2D eigenvalue weighted by Gasteiger charge is -2.39. The second-order valence-electron chi connectivity index (χ2n) is 7.11. The van der Waals surface area contributed by atoms with Crippen molar-refractivity contribution < 1.29 is 21.2 Å². The maximum Gasteiger partial charge on any atom is 0.184 e. The van der Waals surface area contributed by atoms with Gasteiger partial charge in [0.2, 0.25) is 0 Å². The molecule has 26 heavy (non-hydrogen) atoms. The molecule has 146 valence electrons. The molecule has 0 spiro atoms. The number of rotatable bonds is 4. The highest BCUT2D eigenvalue weighted by Gasteiger charge is 2.48. The Morgan fingerprint density at radius 1 is 1.15 bits per heavy atom. The minimum Gasteiger partial charge on any atom is -0.301 e. The summed E-state index contributed by atoms with van der Waals surface area (Å²) in [5.41, 5.74) is 0.309. The summed E-state index contributed by atoms with van der Waals surface area (Å²) in [6, 6.07) is 2.98. The molecule has 0 N–H and O–H groups in total. The van der Waals surface area contributed by atoms with Crippen LogP contribution in [0.5, 0.6) is 0 Å². The third-order valence-electron chi connectivity index (χ3n) is 5.44. The van der Waals surface area contributed by atoms with E-state index in [1.807, 2.05) is 4.90 Å². The van der Waals surface area contributed by atoms with Gasteiger partial charge in [-0.15, -0.1) is 0 Å². The normalized spacial score (nSPS) is 27.7. The van der Waals surface area contributed by atoms with Crippen LogP contribution < -0.4 is 0 Å². The first-order valence-electron chi connectivity index (χ1n) is 8.81. The van der Waals surface area contributed by atoms with E-state index in [0.717, 1.165) is 25.7 Å². The summed E-state index contributed by atoms with van der Waals surface area (Å²) in [5.74, 6) is -1.01. The molecule has 2 aliphatic heterocycles. The van der Waals surface area contributed by atoms with Gasteiger partial charge in [0.05, 0.1) is 21.7 Å². The molecule has 0 amide bonds. The van der Waals surface area contributed by atoms with Crippen molar-refractivity contribution in [1.82, 2.24) is 9.80 Å². The van der Waals surface area contributed by atoms with Gasteiger partial charge in [0.25, 0.3) is 0 Å². The van der Waals surface area contributed by atoms with Gasteiger partial charge < -0.3 is 4.90 Å². The van der Waals surface area contributed by atoms with Gasteiger partial charge in [-0.25, -0.2) is 21.2 Å². The predicted molar refractivity (Wildman–Crippen MR) is 98.2 cm³/mol. The van der Waals surface area contributed by atoms with Crippen molar-refractivity contribution in [3.05, 3.63) is 29.6 Å². The Bertz CT molecular complexity index is 878. The van der Waals surface area contributed by atoms with Crippen LogP contribution in [0.4, 0.5) is 4.39 Å². The minimum absolute atomic E-state index is 0.0261. The predicted octanol–water partition coefficient (Wildman–Crippen LogP) is 0.711. The van der Waals surface area contributed by atoms with Gasteiger partial charge in [-0.1, -0.05) is 6.92 Å². The quantitative estimate of drug-likeness (QED) is 0.688. The molecule has 1 aromatic rings. The first kappa shape index (κ1) is 19.7. The van der Waals surface area contributed by atoms with Crippen LogP contribution in [0.1, 0.15) is 12.5 Å². The van der Waals surface area contributed by atoms with Crippen molar-refractivity contribution in [1.29, 1.82) is 0 Å². The number of benzene rings is 1. The first-order valence-corrected chi connectivity index (χ1v) is 12.2. The minimum atomic E-state index is -3.88. The fourth-order valence-corrected chi connectivity index (χ4v) is 9.00. The number of piperazine rings is 1. The van der Waals surface area contributed by atoms with E-state index in [4.69, 9.17) is 0 Å². The van der Waals surface area contributed by atoms with Crippen molar-refractivity contribution in [3.63, 3.8) is 0 Å². The third-order valence-corrected chi connectivity index (χ3v) is 9.71. The topological polar surface area (TPSA) is 74.8 Å². The van der Waals surface area contributed by atoms with Crippen LogP contribution in [0.25, 0.3) is 0 Å². The SMILES string of the molecule is CCN1CCN([C@H]2CS(=O)(=O)C[C@@H]2S(=O)(=O)c2ccc(F)cc2C)CC1. The summed E-state index contributed by atoms with van der Waals surface area (Å²) in [4.78, 5) is 4.28. The number of aryl methyl sites for hydroxylation is 1. The van der Waals surface area contributed by atoms with Crippen LogP contribution in [0.2, 0.25) is 0 Å². The third kappa shape index (κ3) is 3.81. The number of nitrogens with zero attached hydrogens (tertiary/aromatic N) is 2. The standard InChI is InChI=1S/C17H25FN2O4S2/c1-3-19-6-8-20(9-7-19)15-11-25(21,22)12-17(15)26(23,24)16-5-4-14(18)10-13(16)2/h4-5,10,15,17H,3,6-9,11-12H2,1-2H3/t15-,17-/m0/s1. The van der Waals surface area contributed by atoms with Gasteiger partial charge in [0, 0.05) is 32.2 Å². The molecule has 2 fully saturated rings. The second-order valence-corrected chi connectivity index (χ2v) is 11.4. The molecule has 2 atom stereocenters. The van der Waals surface area contributed by atoms with Crippen molar-refractivity contribution in [2.75, 3.05) is 44.2 Å². The zero-order valence-corrected chi connectivity index (χ0v) is 16.7. The number of sulfone groups is 2. The summed E-state index contributed by atoms with van der Waals surface area (Å²) >= 11 is 0. The summed E-state index contributed by atoms with van der Waals surface area (Å²) in [6.45, 7) is 7.44. The van der Waals surface area contributed by atoms with E-state index in [-0.39, 0.29) is 16.4 Å². The molecule has 2 aliphatic rings. The zero-order valence-electron chi connectivity index (χ0n) is 15.1. The van der Waals surface area contributed by atoms with Crippen molar-refractivity contribution in [3.8, 4) is 0 Å². The van der Waals surface area contributed by atoms with Gasteiger partial charge in [-0.3, -0.25) is 4.90 Å². The lowest BCUT2D eigenvalue weighted by molar-refractivity contribution is 0.109. The molecule has 0 unspecified atom stereocenters. The van der Waals surface area contributed by atoms with Crippen LogP contribution in [-0.2, 0) is 19.7 Å². The van der Waals surface area contributed by atoms with E-state index in [0.29, 0.717) is 18.7 Å². The molecule has 0 radical (unpaired) electrons. The average Bonchev–Trinajstić information content (AvgIpc) is 2.91. The van der Waals surface area contributed by atoms with Crippen LogP contribution in [0.3, 0.4) is 0 Å². The highest BCUT2D eigenvalue weighted by Crippen LogP contribution is 2.31. The molecular weight excluding hydrogens is 379 g/mol. The number of hydrogen-bond donors (Lipinski definition) is 0. The summed E-state index contributed by atoms with van der Waals surface area (Å²) in [6.07, 6.45) is 0. The van der Waals surface area contributed by atoms with E-state index in [1.54, 1.807) is 0 Å². The monoisotopic (exact) mass is 404 g/mol.